The number of methoxy groups -OCH3 is 1. The maximum atomic E-state index is 13.0. The molecule has 1 atom stereocenters. The Labute approximate surface area is 171 Å². The zero-order chi connectivity index (χ0) is 20.9. The summed E-state index contributed by atoms with van der Waals surface area (Å²) < 4.78 is 28.4. The highest BCUT2D eigenvalue weighted by molar-refractivity contribution is 7.89. The number of nitrogens with one attached hydrogen (secondary N) is 1. The molecule has 1 N–H and O–H groups in total. The molecule has 0 heterocycles. The molecule has 0 bridgehead atoms. The molecule has 0 saturated carbocycles. The lowest BCUT2D eigenvalue weighted by molar-refractivity contribution is 0.0943. The standard InChI is InChI=1S/C23H23NO4S/c1-28-21-13-11-19(12-14-21)22(18-8-4-3-5-9-18)24-23(25)20-10-6-7-17(15-20)16-29(2,26)27/h3-15,22H,16H2,1-2H3,(H,24,25). The maximum Gasteiger partial charge on any atom is 0.252 e. The second-order valence-electron chi connectivity index (χ2n) is 6.86. The minimum atomic E-state index is -3.18. The normalized spacial score (nSPS) is 12.2. The van der Waals surface area contributed by atoms with E-state index >= 15 is 0 Å². The van der Waals surface area contributed by atoms with Crippen LogP contribution in [0.15, 0.2) is 78.9 Å². The van der Waals surface area contributed by atoms with Crippen LogP contribution in [-0.2, 0) is 15.6 Å². The topological polar surface area (TPSA) is 72.5 Å². The van der Waals surface area contributed by atoms with Gasteiger partial charge in [-0.25, -0.2) is 8.42 Å². The number of ether oxygens (including phenoxy) is 1. The Kier molecular flexibility index (Phi) is 6.34. The van der Waals surface area contributed by atoms with Gasteiger partial charge in [0, 0.05) is 11.8 Å². The number of benzene rings is 3. The third-order valence-electron chi connectivity index (χ3n) is 4.48. The molecule has 0 spiro atoms. The first-order valence-corrected chi connectivity index (χ1v) is 11.2. The molecule has 0 fully saturated rings. The molecular formula is C23H23NO4S. The summed E-state index contributed by atoms with van der Waals surface area (Å²) in [7, 11) is -1.57. The number of sulfone groups is 1. The van der Waals surface area contributed by atoms with E-state index in [9.17, 15) is 13.2 Å². The van der Waals surface area contributed by atoms with Gasteiger partial charge in [-0.2, -0.15) is 0 Å². The van der Waals surface area contributed by atoms with Crippen molar-refractivity contribution in [2.24, 2.45) is 0 Å². The van der Waals surface area contributed by atoms with Crippen molar-refractivity contribution in [3.05, 3.63) is 101 Å². The minimum Gasteiger partial charge on any atom is -0.497 e. The molecule has 0 radical (unpaired) electrons. The van der Waals surface area contributed by atoms with Crippen LogP contribution in [0.1, 0.15) is 33.1 Å². The third-order valence-corrected chi connectivity index (χ3v) is 5.33. The summed E-state index contributed by atoms with van der Waals surface area (Å²) in [5, 5.41) is 3.06. The van der Waals surface area contributed by atoms with Crippen LogP contribution in [-0.4, -0.2) is 27.7 Å². The second kappa shape index (κ2) is 8.92. The number of hydrogen-bond acceptors (Lipinski definition) is 4. The van der Waals surface area contributed by atoms with Gasteiger partial charge in [0.05, 0.1) is 18.9 Å². The molecule has 0 saturated heterocycles. The van der Waals surface area contributed by atoms with Crippen molar-refractivity contribution in [1.82, 2.24) is 5.32 Å². The van der Waals surface area contributed by atoms with Crippen molar-refractivity contribution < 1.29 is 17.9 Å². The van der Waals surface area contributed by atoms with Crippen molar-refractivity contribution >= 4 is 15.7 Å². The molecule has 0 aliphatic carbocycles. The molecule has 1 amide bonds. The molecule has 5 nitrogen and oxygen atoms in total. The van der Waals surface area contributed by atoms with Crippen LogP contribution in [0.4, 0.5) is 0 Å². The van der Waals surface area contributed by atoms with Crippen molar-refractivity contribution in [2.75, 3.05) is 13.4 Å². The van der Waals surface area contributed by atoms with Gasteiger partial charge in [0.1, 0.15) is 5.75 Å². The van der Waals surface area contributed by atoms with Gasteiger partial charge < -0.3 is 10.1 Å². The van der Waals surface area contributed by atoms with Crippen molar-refractivity contribution in [2.45, 2.75) is 11.8 Å². The number of carbonyl (C=O) groups is 1. The van der Waals surface area contributed by atoms with E-state index in [1.165, 1.54) is 6.26 Å². The van der Waals surface area contributed by atoms with E-state index in [0.717, 1.165) is 16.9 Å². The lowest BCUT2D eigenvalue weighted by Gasteiger charge is -2.20. The van der Waals surface area contributed by atoms with E-state index in [1.54, 1.807) is 31.4 Å². The average Bonchev–Trinajstić information content (AvgIpc) is 2.71. The number of amides is 1. The Morgan fingerprint density at radius 1 is 0.931 bits per heavy atom. The first-order chi connectivity index (χ1) is 13.9. The zero-order valence-corrected chi connectivity index (χ0v) is 17.1. The number of carbonyl (C=O) groups excluding carboxylic acids is 1. The monoisotopic (exact) mass is 409 g/mol. The zero-order valence-electron chi connectivity index (χ0n) is 16.3. The van der Waals surface area contributed by atoms with E-state index in [-0.39, 0.29) is 17.7 Å². The lowest BCUT2D eigenvalue weighted by atomic mass is 9.98. The summed E-state index contributed by atoms with van der Waals surface area (Å²) in [6, 6.07) is 23.5. The molecule has 0 aliphatic rings. The van der Waals surface area contributed by atoms with Gasteiger partial charge in [0.2, 0.25) is 0 Å². The Bertz CT molecular complexity index is 1080. The Balaban J connectivity index is 1.89. The molecule has 3 aromatic rings. The molecule has 29 heavy (non-hydrogen) atoms. The molecule has 0 aromatic heterocycles. The summed E-state index contributed by atoms with van der Waals surface area (Å²) in [6.07, 6.45) is 1.18. The first-order valence-electron chi connectivity index (χ1n) is 9.12. The fourth-order valence-corrected chi connectivity index (χ4v) is 3.91. The second-order valence-corrected chi connectivity index (χ2v) is 9.00. The van der Waals surface area contributed by atoms with E-state index in [1.807, 2.05) is 54.6 Å². The quantitative estimate of drug-likeness (QED) is 0.645. The molecular weight excluding hydrogens is 386 g/mol. The molecule has 1 unspecified atom stereocenters. The van der Waals surface area contributed by atoms with Crippen molar-refractivity contribution in [3.63, 3.8) is 0 Å². The smallest absolute Gasteiger partial charge is 0.252 e. The minimum absolute atomic E-state index is 0.102. The van der Waals surface area contributed by atoms with Gasteiger partial charge in [-0.05, 0) is 41.0 Å². The van der Waals surface area contributed by atoms with Crippen LogP contribution in [0, 0.1) is 0 Å². The Morgan fingerprint density at radius 2 is 1.59 bits per heavy atom. The van der Waals surface area contributed by atoms with Gasteiger partial charge in [-0.1, -0.05) is 54.6 Å². The maximum absolute atomic E-state index is 13.0. The summed E-state index contributed by atoms with van der Waals surface area (Å²) in [4.78, 5) is 13.0. The van der Waals surface area contributed by atoms with E-state index < -0.39 is 9.84 Å². The van der Waals surface area contributed by atoms with E-state index in [4.69, 9.17) is 4.74 Å². The molecule has 6 heteroatoms. The summed E-state index contributed by atoms with van der Waals surface area (Å²) in [5.41, 5.74) is 2.86. The number of rotatable bonds is 7. The van der Waals surface area contributed by atoms with Crippen LogP contribution in [0.25, 0.3) is 0 Å². The largest absolute Gasteiger partial charge is 0.497 e. The third kappa shape index (κ3) is 5.68. The van der Waals surface area contributed by atoms with Gasteiger partial charge in [-0.15, -0.1) is 0 Å². The fraction of sp³-hybridized carbons (Fsp3) is 0.174. The van der Waals surface area contributed by atoms with Crippen molar-refractivity contribution in [3.8, 4) is 5.75 Å². The van der Waals surface area contributed by atoms with E-state index in [0.29, 0.717) is 11.1 Å². The summed E-state index contributed by atoms with van der Waals surface area (Å²) in [6.45, 7) is 0. The van der Waals surface area contributed by atoms with Crippen LogP contribution in [0.5, 0.6) is 5.75 Å². The first kappa shape index (κ1) is 20.6. The highest BCUT2D eigenvalue weighted by atomic mass is 32.2. The summed E-state index contributed by atoms with van der Waals surface area (Å²) in [5.74, 6) is 0.361. The SMILES string of the molecule is COc1ccc(C(NC(=O)c2cccc(CS(C)(=O)=O)c2)c2ccccc2)cc1. The van der Waals surface area contributed by atoms with Crippen molar-refractivity contribution in [1.29, 1.82) is 0 Å². The van der Waals surface area contributed by atoms with E-state index in [2.05, 4.69) is 5.32 Å². The summed E-state index contributed by atoms with van der Waals surface area (Å²) >= 11 is 0. The van der Waals surface area contributed by atoms with Crippen LogP contribution in [0.3, 0.4) is 0 Å². The van der Waals surface area contributed by atoms with Gasteiger partial charge >= 0.3 is 0 Å². The molecule has 3 aromatic carbocycles. The fourth-order valence-electron chi connectivity index (χ4n) is 3.12. The molecule has 150 valence electrons. The van der Waals surface area contributed by atoms with Crippen LogP contribution < -0.4 is 10.1 Å². The lowest BCUT2D eigenvalue weighted by Crippen LogP contribution is -2.29. The predicted octanol–water partition coefficient (Wildman–Crippen LogP) is 3.76. The van der Waals surface area contributed by atoms with Crippen LogP contribution >= 0.6 is 0 Å². The molecule has 0 aliphatic heterocycles. The van der Waals surface area contributed by atoms with Gasteiger partial charge in [0.25, 0.3) is 5.91 Å². The van der Waals surface area contributed by atoms with Crippen LogP contribution in [0.2, 0.25) is 0 Å². The van der Waals surface area contributed by atoms with Gasteiger partial charge in [0.15, 0.2) is 9.84 Å². The molecule has 3 rings (SSSR count). The Morgan fingerprint density at radius 3 is 2.21 bits per heavy atom. The number of hydrogen-bond donors (Lipinski definition) is 1. The average molecular weight is 410 g/mol. The highest BCUT2D eigenvalue weighted by Gasteiger charge is 2.18. The predicted molar refractivity (Wildman–Crippen MR) is 114 cm³/mol. The Hall–Kier alpha value is -3.12. The highest BCUT2D eigenvalue weighted by Crippen LogP contribution is 2.25. The van der Waals surface area contributed by atoms with Gasteiger partial charge in [-0.3, -0.25) is 4.79 Å².